The van der Waals surface area contributed by atoms with Crippen molar-refractivity contribution in [2.24, 2.45) is 0 Å². The largest absolute Gasteiger partial charge is 0.364 e. The van der Waals surface area contributed by atoms with Crippen molar-refractivity contribution in [2.45, 2.75) is 42.0 Å². The molecule has 3 amide bonds. The van der Waals surface area contributed by atoms with Gasteiger partial charge in [0, 0.05) is 31.9 Å². The van der Waals surface area contributed by atoms with Gasteiger partial charge in [0.25, 0.3) is 15.9 Å². The van der Waals surface area contributed by atoms with E-state index in [0.717, 1.165) is 17.7 Å². The standard InChI is InChI=1S/C22H26N4O4S2/c1-16-5-7-17(8-6-16)25-12-11-24(32(29,30)19-4-2-13-31-19)14-18(25)15-26-21(28)23-20(27)22(26)9-3-10-22/h2,4-8,13,18H,3,9-12,14-15H2,1H3,(H,23,27,28)/t18-/m1/s1. The number of carbonyl (C=O) groups is 2. The van der Waals surface area contributed by atoms with Crippen LogP contribution in [0.15, 0.2) is 46.0 Å². The molecule has 2 aromatic rings. The van der Waals surface area contributed by atoms with Crippen LogP contribution in [0, 0.1) is 6.92 Å². The van der Waals surface area contributed by atoms with Gasteiger partial charge in [-0.05, 0) is 49.8 Å². The first-order chi connectivity index (χ1) is 15.3. The van der Waals surface area contributed by atoms with E-state index in [1.54, 1.807) is 22.4 Å². The van der Waals surface area contributed by atoms with Gasteiger partial charge in [-0.3, -0.25) is 10.1 Å². The second-order valence-electron chi connectivity index (χ2n) is 8.73. The van der Waals surface area contributed by atoms with Crippen molar-refractivity contribution in [3.8, 4) is 0 Å². The third kappa shape index (κ3) is 3.41. The van der Waals surface area contributed by atoms with Crippen molar-refractivity contribution in [1.82, 2.24) is 14.5 Å². The van der Waals surface area contributed by atoms with Gasteiger partial charge >= 0.3 is 6.03 Å². The summed E-state index contributed by atoms with van der Waals surface area (Å²) < 4.78 is 28.2. The molecule has 32 heavy (non-hydrogen) atoms. The first-order valence-corrected chi connectivity index (χ1v) is 13.1. The second-order valence-corrected chi connectivity index (χ2v) is 11.8. The Bertz CT molecular complexity index is 1130. The minimum absolute atomic E-state index is 0.227. The third-order valence-electron chi connectivity index (χ3n) is 6.88. The number of carbonyl (C=O) groups excluding carboxylic acids is 2. The molecule has 8 nitrogen and oxygen atoms in total. The van der Waals surface area contributed by atoms with Crippen LogP contribution in [0.2, 0.25) is 0 Å². The smallest absolute Gasteiger partial charge is 0.325 e. The predicted molar refractivity (Wildman–Crippen MR) is 122 cm³/mol. The van der Waals surface area contributed by atoms with E-state index in [1.807, 2.05) is 31.2 Å². The van der Waals surface area contributed by atoms with Crippen molar-refractivity contribution in [3.05, 3.63) is 47.3 Å². The molecule has 1 N–H and O–H groups in total. The lowest BCUT2D eigenvalue weighted by atomic mass is 9.75. The van der Waals surface area contributed by atoms with Crippen LogP contribution >= 0.6 is 11.3 Å². The summed E-state index contributed by atoms with van der Waals surface area (Å²) in [6, 6.07) is 10.8. The van der Waals surface area contributed by atoms with Gasteiger partial charge in [0.2, 0.25) is 0 Å². The highest BCUT2D eigenvalue weighted by atomic mass is 32.2. The predicted octanol–water partition coefficient (Wildman–Crippen LogP) is 2.41. The Morgan fingerprint density at radius 3 is 2.50 bits per heavy atom. The highest BCUT2D eigenvalue weighted by Gasteiger charge is 2.57. The molecule has 1 spiro atoms. The van der Waals surface area contributed by atoms with Gasteiger partial charge in [0.15, 0.2) is 0 Å². The second kappa shape index (κ2) is 7.86. The SMILES string of the molecule is Cc1ccc(N2CCN(S(=O)(=O)c3cccs3)C[C@@H]2CN2C(=O)NC(=O)C23CCC3)cc1. The molecule has 1 aromatic carbocycles. The van der Waals surface area contributed by atoms with Crippen LogP contribution < -0.4 is 10.2 Å². The minimum Gasteiger partial charge on any atom is -0.364 e. The van der Waals surface area contributed by atoms with Gasteiger partial charge in [0.1, 0.15) is 9.75 Å². The quantitative estimate of drug-likeness (QED) is 0.672. The molecule has 5 rings (SSSR count). The number of amides is 3. The summed E-state index contributed by atoms with van der Waals surface area (Å²) in [5.41, 5.74) is 1.36. The third-order valence-corrected chi connectivity index (χ3v) is 10.1. The Labute approximate surface area is 191 Å². The molecule has 2 aliphatic heterocycles. The first-order valence-electron chi connectivity index (χ1n) is 10.8. The molecular formula is C22H26N4O4S2. The van der Waals surface area contributed by atoms with Crippen LogP contribution in [0.3, 0.4) is 0 Å². The topological polar surface area (TPSA) is 90.0 Å². The fourth-order valence-corrected chi connectivity index (χ4v) is 7.50. The average Bonchev–Trinajstić information content (AvgIpc) is 3.36. The van der Waals surface area contributed by atoms with Gasteiger partial charge in [0.05, 0.1) is 6.04 Å². The molecular weight excluding hydrogens is 448 g/mol. The average molecular weight is 475 g/mol. The number of hydrogen-bond acceptors (Lipinski definition) is 6. The van der Waals surface area contributed by atoms with Crippen LogP contribution in [0.5, 0.6) is 0 Å². The Hall–Kier alpha value is -2.43. The number of imide groups is 1. The Balaban J connectivity index is 1.46. The number of benzene rings is 1. The van der Waals surface area contributed by atoms with E-state index in [1.165, 1.54) is 15.6 Å². The number of urea groups is 1. The normalized spacial score (nSPS) is 23.5. The number of piperazine rings is 1. The molecule has 1 saturated carbocycles. The number of rotatable bonds is 5. The van der Waals surface area contributed by atoms with E-state index in [4.69, 9.17) is 0 Å². The van der Waals surface area contributed by atoms with Crippen LogP contribution in [-0.2, 0) is 14.8 Å². The molecule has 170 valence electrons. The summed E-state index contributed by atoms with van der Waals surface area (Å²) in [7, 11) is -3.60. The van der Waals surface area contributed by atoms with E-state index in [-0.39, 0.29) is 24.5 Å². The number of anilines is 1. The zero-order valence-electron chi connectivity index (χ0n) is 17.9. The molecule has 2 saturated heterocycles. The fourth-order valence-electron chi connectivity index (χ4n) is 4.89. The Kier molecular flexibility index (Phi) is 5.26. The van der Waals surface area contributed by atoms with E-state index in [2.05, 4.69) is 10.2 Å². The number of nitrogens with one attached hydrogen (secondary N) is 1. The molecule has 0 unspecified atom stereocenters. The number of nitrogens with zero attached hydrogens (tertiary/aromatic N) is 3. The van der Waals surface area contributed by atoms with Gasteiger partial charge in [-0.1, -0.05) is 23.8 Å². The highest BCUT2D eigenvalue weighted by molar-refractivity contribution is 7.91. The maximum Gasteiger partial charge on any atom is 0.325 e. The van der Waals surface area contributed by atoms with Gasteiger partial charge in [-0.25, -0.2) is 13.2 Å². The molecule has 10 heteroatoms. The van der Waals surface area contributed by atoms with Crippen LogP contribution in [0.4, 0.5) is 10.5 Å². The van der Waals surface area contributed by atoms with Crippen molar-refractivity contribution in [1.29, 1.82) is 0 Å². The lowest BCUT2D eigenvalue weighted by Gasteiger charge is -2.47. The summed E-state index contributed by atoms with van der Waals surface area (Å²) >= 11 is 1.21. The number of aryl methyl sites for hydroxylation is 1. The van der Waals surface area contributed by atoms with Gasteiger partial charge in [-0.2, -0.15) is 4.31 Å². The van der Waals surface area contributed by atoms with Crippen molar-refractivity contribution < 1.29 is 18.0 Å². The van der Waals surface area contributed by atoms with Crippen molar-refractivity contribution in [3.63, 3.8) is 0 Å². The molecule has 0 radical (unpaired) electrons. The first kappa shape index (κ1) is 21.4. The molecule has 1 atom stereocenters. The summed E-state index contributed by atoms with van der Waals surface area (Å²) in [6.45, 7) is 3.44. The lowest BCUT2D eigenvalue weighted by molar-refractivity contribution is -0.130. The van der Waals surface area contributed by atoms with E-state index in [9.17, 15) is 18.0 Å². The zero-order valence-corrected chi connectivity index (χ0v) is 19.5. The highest BCUT2D eigenvalue weighted by Crippen LogP contribution is 2.41. The molecule has 3 heterocycles. The Morgan fingerprint density at radius 1 is 1.12 bits per heavy atom. The van der Waals surface area contributed by atoms with E-state index in [0.29, 0.717) is 36.7 Å². The molecule has 0 bridgehead atoms. The number of sulfonamides is 1. The molecule has 3 aliphatic rings. The summed E-state index contributed by atoms with van der Waals surface area (Å²) in [5, 5.41) is 4.23. The summed E-state index contributed by atoms with van der Waals surface area (Å²) in [6.07, 6.45) is 2.21. The molecule has 1 aliphatic carbocycles. The zero-order chi connectivity index (χ0) is 22.5. The van der Waals surface area contributed by atoms with Crippen molar-refractivity contribution in [2.75, 3.05) is 31.1 Å². The number of hydrogen-bond donors (Lipinski definition) is 1. The molecule has 1 aromatic heterocycles. The van der Waals surface area contributed by atoms with Gasteiger partial charge in [-0.15, -0.1) is 11.3 Å². The van der Waals surface area contributed by atoms with Gasteiger partial charge < -0.3 is 9.80 Å². The lowest BCUT2D eigenvalue weighted by Crippen LogP contribution is -2.62. The van der Waals surface area contributed by atoms with Crippen LogP contribution in [0.1, 0.15) is 24.8 Å². The molecule has 3 fully saturated rings. The monoisotopic (exact) mass is 474 g/mol. The maximum absolute atomic E-state index is 13.2. The number of thiophene rings is 1. The Morgan fingerprint density at radius 2 is 1.88 bits per heavy atom. The van der Waals surface area contributed by atoms with Crippen molar-refractivity contribution >= 4 is 39.0 Å². The summed E-state index contributed by atoms with van der Waals surface area (Å²) in [4.78, 5) is 29.0. The van der Waals surface area contributed by atoms with Crippen LogP contribution in [0.25, 0.3) is 0 Å². The minimum atomic E-state index is -3.60. The maximum atomic E-state index is 13.2. The van der Waals surface area contributed by atoms with E-state index >= 15 is 0 Å². The van der Waals surface area contributed by atoms with E-state index < -0.39 is 15.6 Å². The fraction of sp³-hybridized carbons (Fsp3) is 0.455. The summed E-state index contributed by atoms with van der Waals surface area (Å²) in [5.74, 6) is -0.227. The van der Waals surface area contributed by atoms with Crippen LogP contribution in [-0.4, -0.2) is 67.3 Å².